The van der Waals surface area contributed by atoms with Crippen LogP contribution in [0.5, 0.6) is 0 Å². The quantitative estimate of drug-likeness (QED) is 0.435. The topological polar surface area (TPSA) is 35.5 Å². The molecule has 0 heterocycles. The van der Waals surface area contributed by atoms with Gasteiger partial charge >= 0.3 is 6.16 Å². The molecule has 0 atom stereocenters. The van der Waals surface area contributed by atoms with E-state index in [-0.39, 0.29) is 0 Å². The predicted octanol–water partition coefficient (Wildman–Crippen LogP) is 1.14. The first-order valence-corrected chi connectivity index (χ1v) is 5.78. The zero-order chi connectivity index (χ0) is 7.28. The lowest BCUT2D eigenvalue weighted by atomic mass is 10.9. The second kappa shape index (κ2) is 4.37. The predicted molar refractivity (Wildman–Crippen MR) is 37.0 cm³/mol. The van der Waals surface area contributed by atoms with Crippen molar-refractivity contribution in [2.24, 2.45) is 0 Å². The maximum Gasteiger partial charge on any atom is 0.494 e. The van der Waals surface area contributed by atoms with Crippen LogP contribution in [-0.4, -0.2) is 21.8 Å². The van der Waals surface area contributed by atoms with Crippen LogP contribution in [0.2, 0.25) is 13.1 Å². The molecule has 4 heteroatoms. The van der Waals surface area contributed by atoms with Crippen molar-refractivity contribution in [3.05, 3.63) is 0 Å². The molecule has 3 nitrogen and oxygen atoms in total. The summed E-state index contributed by atoms with van der Waals surface area (Å²) in [5, 5.41) is 0. The lowest BCUT2D eigenvalue weighted by Crippen LogP contribution is -2.15. The maximum absolute atomic E-state index is 10.4. The minimum atomic E-state index is -1.23. The van der Waals surface area contributed by atoms with Crippen LogP contribution in [0.25, 0.3) is 0 Å². The molecule has 0 fully saturated rings. The van der Waals surface area contributed by atoms with Gasteiger partial charge in [0.15, 0.2) is 0 Å². The average Bonchev–Trinajstić information content (AvgIpc) is 1.63. The molecule has 0 rings (SSSR count). The number of carbonyl (C=O) groups is 1. The number of ether oxygens (including phenoxy) is 1. The van der Waals surface area contributed by atoms with E-state index in [1.807, 2.05) is 13.1 Å². The van der Waals surface area contributed by atoms with Gasteiger partial charge in [-0.1, -0.05) is 0 Å². The van der Waals surface area contributed by atoms with Crippen LogP contribution in [0.15, 0.2) is 0 Å². The fourth-order valence-corrected chi connectivity index (χ4v) is 0.797. The molecular weight excluding hydrogens is 136 g/mol. The minimum Gasteiger partial charge on any atom is -0.492 e. The summed E-state index contributed by atoms with van der Waals surface area (Å²) >= 11 is 0. The highest BCUT2D eigenvalue weighted by Gasteiger charge is 2.04. The van der Waals surface area contributed by atoms with Gasteiger partial charge in [0.05, 0.1) is 6.61 Å². The van der Waals surface area contributed by atoms with Gasteiger partial charge in [-0.3, -0.25) is 0 Å². The third kappa shape index (κ3) is 5.36. The summed E-state index contributed by atoms with van der Waals surface area (Å²) in [4.78, 5) is 10.4. The normalized spacial score (nSPS) is 9.33. The highest BCUT2D eigenvalue weighted by molar-refractivity contribution is 6.50. The summed E-state index contributed by atoms with van der Waals surface area (Å²) in [6.45, 7) is 5.97. The van der Waals surface area contributed by atoms with Crippen molar-refractivity contribution in [3.8, 4) is 0 Å². The van der Waals surface area contributed by atoms with Crippen molar-refractivity contribution in [3.63, 3.8) is 0 Å². The van der Waals surface area contributed by atoms with Gasteiger partial charge in [-0.15, -0.1) is 0 Å². The van der Waals surface area contributed by atoms with Crippen LogP contribution >= 0.6 is 0 Å². The van der Waals surface area contributed by atoms with Crippen molar-refractivity contribution < 1.29 is 14.0 Å². The highest BCUT2D eigenvalue weighted by Crippen LogP contribution is 1.88. The number of carbonyl (C=O) groups excluding carboxylic acids is 1. The van der Waals surface area contributed by atoms with E-state index in [9.17, 15) is 4.79 Å². The van der Waals surface area contributed by atoms with Gasteiger partial charge in [-0.05, 0) is 20.0 Å². The number of hydrogen-bond donors (Lipinski definition) is 0. The molecule has 0 bridgehead atoms. The molecular formula is C5H12O3Si. The molecule has 0 saturated carbocycles. The summed E-state index contributed by atoms with van der Waals surface area (Å²) in [6, 6.07) is 0. The highest BCUT2D eigenvalue weighted by atomic mass is 28.3. The Labute approximate surface area is 56.7 Å². The van der Waals surface area contributed by atoms with Crippen molar-refractivity contribution in [1.82, 2.24) is 0 Å². The summed E-state index contributed by atoms with van der Waals surface area (Å²) < 4.78 is 9.29. The number of rotatable bonds is 2. The second-order valence-electron chi connectivity index (χ2n) is 1.85. The van der Waals surface area contributed by atoms with E-state index in [0.29, 0.717) is 6.61 Å². The van der Waals surface area contributed by atoms with Gasteiger partial charge in [0.1, 0.15) is 0 Å². The molecule has 0 aromatic heterocycles. The summed E-state index contributed by atoms with van der Waals surface area (Å²) in [6.07, 6.45) is -0.529. The maximum atomic E-state index is 10.4. The molecule has 9 heavy (non-hydrogen) atoms. The third-order valence-corrected chi connectivity index (χ3v) is 1.26. The largest absolute Gasteiger partial charge is 0.494 e. The van der Waals surface area contributed by atoms with Crippen molar-refractivity contribution in [1.29, 1.82) is 0 Å². The first kappa shape index (κ1) is 8.49. The Morgan fingerprint density at radius 3 is 2.44 bits per heavy atom. The van der Waals surface area contributed by atoms with Gasteiger partial charge in [-0.2, -0.15) is 0 Å². The van der Waals surface area contributed by atoms with E-state index in [4.69, 9.17) is 4.43 Å². The average molecular weight is 148 g/mol. The smallest absolute Gasteiger partial charge is 0.492 e. The van der Waals surface area contributed by atoms with Crippen LogP contribution < -0.4 is 0 Å². The van der Waals surface area contributed by atoms with Gasteiger partial charge in [0.25, 0.3) is 0 Å². The number of hydrogen-bond acceptors (Lipinski definition) is 3. The van der Waals surface area contributed by atoms with Crippen LogP contribution in [0, 0.1) is 0 Å². The molecule has 0 saturated heterocycles. The van der Waals surface area contributed by atoms with E-state index >= 15 is 0 Å². The van der Waals surface area contributed by atoms with Crippen molar-refractivity contribution in [2.75, 3.05) is 6.61 Å². The Balaban J connectivity index is 3.27. The molecule has 0 unspecified atom stereocenters. The molecule has 0 aromatic rings. The molecule has 0 radical (unpaired) electrons. The lowest BCUT2D eigenvalue weighted by Gasteiger charge is -2.05. The van der Waals surface area contributed by atoms with E-state index in [1.54, 1.807) is 6.92 Å². The third-order valence-electron chi connectivity index (χ3n) is 0.594. The SMILES string of the molecule is CCOC(=O)O[SiH](C)C. The molecule has 0 N–H and O–H groups in total. The Morgan fingerprint density at radius 2 is 2.11 bits per heavy atom. The zero-order valence-electron chi connectivity index (χ0n) is 6.01. The Bertz CT molecular complexity index is 92.2. The minimum absolute atomic E-state index is 0.389. The van der Waals surface area contributed by atoms with Crippen LogP contribution in [0.1, 0.15) is 6.92 Å². The fraction of sp³-hybridized carbons (Fsp3) is 0.800. The Kier molecular flexibility index (Phi) is 4.12. The summed E-state index contributed by atoms with van der Waals surface area (Å²) in [7, 11) is -1.23. The molecule has 0 spiro atoms. The van der Waals surface area contributed by atoms with Crippen LogP contribution in [-0.2, 0) is 9.16 Å². The van der Waals surface area contributed by atoms with E-state index < -0.39 is 15.2 Å². The summed E-state index contributed by atoms with van der Waals surface area (Å²) in [5.41, 5.74) is 0. The fourth-order valence-electron chi connectivity index (χ4n) is 0.344. The van der Waals surface area contributed by atoms with Crippen molar-refractivity contribution >= 4 is 15.2 Å². The standard InChI is InChI=1S/C5H12O3Si/c1-4-7-5(6)8-9(2)3/h9H,4H2,1-3H3. The molecule has 0 aliphatic carbocycles. The summed E-state index contributed by atoms with van der Waals surface area (Å²) in [5.74, 6) is 0. The van der Waals surface area contributed by atoms with Gasteiger partial charge in [0, 0.05) is 0 Å². The molecule has 54 valence electrons. The van der Waals surface area contributed by atoms with Crippen LogP contribution in [0.4, 0.5) is 4.79 Å². The monoisotopic (exact) mass is 148 g/mol. The van der Waals surface area contributed by atoms with E-state index in [2.05, 4.69) is 4.74 Å². The van der Waals surface area contributed by atoms with Gasteiger partial charge in [0.2, 0.25) is 9.04 Å². The van der Waals surface area contributed by atoms with Crippen molar-refractivity contribution in [2.45, 2.75) is 20.0 Å². The van der Waals surface area contributed by atoms with Gasteiger partial charge < -0.3 is 9.16 Å². The first-order chi connectivity index (χ1) is 4.16. The molecule has 0 aliphatic rings. The van der Waals surface area contributed by atoms with Gasteiger partial charge in [-0.25, -0.2) is 4.79 Å². The molecule has 0 amide bonds. The van der Waals surface area contributed by atoms with E-state index in [0.717, 1.165) is 0 Å². The molecule has 0 aromatic carbocycles. The lowest BCUT2D eigenvalue weighted by molar-refractivity contribution is 0.104. The Hall–Kier alpha value is -0.513. The first-order valence-electron chi connectivity index (χ1n) is 3.00. The molecule has 0 aliphatic heterocycles. The van der Waals surface area contributed by atoms with E-state index in [1.165, 1.54) is 0 Å². The Morgan fingerprint density at radius 1 is 1.56 bits per heavy atom. The van der Waals surface area contributed by atoms with Crippen LogP contribution in [0.3, 0.4) is 0 Å². The second-order valence-corrected chi connectivity index (χ2v) is 4.18. The zero-order valence-corrected chi connectivity index (χ0v) is 7.16.